The first-order valence-electron chi connectivity index (χ1n) is 6.43. The molecule has 3 N–H and O–H groups in total. The third-order valence-corrected chi connectivity index (χ3v) is 6.77. The van der Waals surface area contributed by atoms with Gasteiger partial charge in [-0.05, 0) is 18.8 Å². The normalized spacial score (nSPS) is 30.0. The van der Waals surface area contributed by atoms with Crippen LogP contribution < -0.4 is 11.3 Å². The molecular weight excluding hydrogens is 236 g/mol. The van der Waals surface area contributed by atoms with Crippen LogP contribution in [-0.2, 0) is 0 Å². The summed E-state index contributed by atoms with van der Waals surface area (Å²) < 4.78 is 0. The van der Waals surface area contributed by atoms with Crippen LogP contribution in [0.25, 0.3) is 0 Å². The minimum atomic E-state index is 0.475. The van der Waals surface area contributed by atoms with Crippen molar-refractivity contribution in [3.05, 3.63) is 0 Å². The van der Waals surface area contributed by atoms with Crippen LogP contribution in [0.3, 0.4) is 0 Å². The molecule has 4 heteroatoms. The standard InChI is InChI=1S/C12H26N2S2/c1-4-6-9(3)11(14-13)12-10(5-2)15-7-8-16-12/h9-12,14H,4-8,13H2,1-3H3. The van der Waals surface area contributed by atoms with Crippen LogP contribution in [0.15, 0.2) is 0 Å². The van der Waals surface area contributed by atoms with Gasteiger partial charge in [-0.25, -0.2) is 0 Å². The molecule has 1 saturated heterocycles. The molecule has 0 spiro atoms. The molecule has 1 rings (SSSR count). The van der Waals surface area contributed by atoms with Gasteiger partial charge < -0.3 is 0 Å². The lowest BCUT2D eigenvalue weighted by Crippen LogP contribution is -2.51. The Hall–Kier alpha value is 0.620. The lowest BCUT2D eigenvalue weighted by molar-refractivity contribution is 0.344. The SMILES string of the molecule is CCCC(C)C(NN)C1SCCSC1CC. The number of nitrogens with one attached hydrogen (secondary N) is 1. The van der Waals surface area contributed by atoms with Gasteiger partial charge in [-0.2, -0.15) is 23.5 Å². The highest BCUT2D eigenvalue weighted by atomic mass is 32.2. The summed E-state index contributed by atoms with van der Waals surface area (Å²) in [4.78, 5) is 0. The second kappa shape index (κ2) is 7.85. The number of thioether (sulfide) groups is 2. The van der Waals surface area contributed by atoms with Crippen molar-refractivity contribution in [2.45, 2.75) is 56.6 Å². The van der Waals surface area contributed by atoms with E-state index < -0.39 is 0 Å². The van der Waals surface area contributed by atoms with E-state index in [0.717, 1.165) is 5.25 Å². The van der Waals surface area contributed by atoms with E-state index in [9.17, 15) is 0 Å². The highest BCUT2D eigenvalue weighted by Crippen LogP contribution is 2.37. The van der Waals surface area contributed by atoms with E-state index in [0.29, 0.717) is 17.2 Å². The van der Waals surface area contributed by atoms with Crippen LogP contribution in [-0.4, -0.2) is 28.0 Å². The van der Waals surface area contributed by atoms with Crippen LogP contribution in [0.5, 0.6) is 0 Å². The van der Waals surface area contributed by atoms with Gasteiger partial charge in [0.25, 0.3) is 0 Å². The Bertz CT molecular complexity index is 190. The summed E-state index contributed by atoms with van der Waals surface area (Å²) in [5.74, 6) is 9.05. The summed E-state index contributed by atoms with van der Waals surface area (Å²) in [5, 5.41) is 1.47. The summed E-state index contributed by atoms with van der Waals surface area (Å²) in [6.07, 6.45) is 3.78. The summed E-state index contributed by atoms with van der Waals surface area (Å²) in [7, 11) is 0. The van der Waals surface area contributed by atoms with Crippen molar-refractivity contribution < 1.29 is 0 Å². The van der Waals surface area contributed by atoms with E-state index in [2.05, 4.69) is 49.7 Å². The summed E-state index contributed by atoms with van der Waals surface area (Å²) in [5.41, 5.74) is 3.09. The smallest absolute Gasteiger partial charge is 0.0365 e. The molecule has 1 fully saturated rings. The third kappa shape index (κ3) is 3.83. The van der Waals surface area contributed by atoms with Crippen LogP contribution in [0, 0.1) is 5.92 Å². The van der Waals surface area contributed by atoms with Gasteiger partial charge >= 0.3 is 0 Å². The van der Waals surface area contributed by atoms with E-state index in [1.807, 2.05) is 0 Å². The fourth-order valence-corrected chi connectivity index (χ4v) is 5.86. The Kier molecular flexibility index (Phi) is 7.20. The molecule has 0 saturated carbocycles. The zero-order valence-electron chi connectivity index (χ0n) is 10.7. The average molecular weight is 262 g/mol. The Morgan fingerprint density at radius 3 is 2.56 bits per heavy atom. The van der Waals surface area contributed by atoms with Crippen molar-refractivity contribution in [3.63, 3.8) is 0 Å². The first-order chi connectivity index (χ1) is 7.74. The second-order valence-corrected chi connectivity index (χ2v) is 7.24. The van der Waals surface area contributed by atoms with Crippen molar-refractivity contribution >= 4 is 23.5 Å². The molecule has 0 aromatic carbocycles. The molecule has 1 heterocycles. The predicted octanol–water partition coefficient (Wildman–Crippen LogP) is 2.88. The Morgan fingerprint density at radius 2 is 2.00 bits per heavy atom. The van der Waals surface area contributed by atoms with Crippen molar-refractivity contribution in [1.29, 1.82) is 0 Å². The topological polar surface area (TPSA) is 38.0 Å². The molecule has 0 amide bonds. The van der Waals surface area contributed by atoms with Gasteiger partial charge in [0, 0.05) is 28.0 Å². The molecule has 4 atom stereocenters. The van der Waals surface area contributed by atoms with E-state index in [1.165, 1.54) is 30.8 Å². The van der Waals surface area contributed by atoms with Gasteiger partial charge in [-0.1, -0.05) is 27.2 Å². The Balaban J connectivity index is 2.61. The molecule has 0 aromatic heterocycles. The monoisotopic (exact) mass is 262 g/mol. The quantitative estimate of drug-likeness (QED) is 0.570. The molecule has 96 valence electrons. The fourth-order valence-electron chi connectivity index (χ4n) is 2.49. The van der Waals surface area contributed by atoms with Crippen molar-refractivity contribution in [1.82, 2.24) is 5.43 Å². The molecule has 0 aromatic rings. The minimum Gasteiger partial charge on any atom is -0.271 e. The summed E-state index contributed by atoms with van der Waals surface area (Å²) >= 11 is 4.25. The highest BCUT2D eigenvalue weighted by molar-refractivity contribution is 8.07. The zero-order valence-corrected chi connectivity index (χ0v) is 12.4. The maximum atomic E-state index is 5.78. The van der Waals surface area contributed by atoms with Gasteiger partial charge in [0.15, 0.2) is 0 Å². The maximum Gasteiger partial charge on any atom is 0.0365 e. The number of hydrogen-bond acceptors (Lipinski definition) is 4. The average Bonchev–Trinajstić information content (AvgIpc) is 2.31. The van der Waals surface area contributed by atoms with Gasteiger partial charge in [0.05, 0.1) is 0 Å². The lowest BCUT2D eigenvalue weighted by Gasteiger charge is -2.38. The van der Waals surface area contributed by atoms with E-state index >= 15 is 0 Å². The van der Waals surface area contributed by atoms with Crippen LogP contribution >= 0.6 is 23.5 Å². The van der Waals surface area contributed by atoms with Crippen LogP contribution in [0.2, 0.25) is 0 Å². The van der Waals surface area contributed by atoms with E-state index in [-0.39, 0.29) is 0 Å². The minimum absolute atomic E-state index is 0.475. The van der Waals surface area contributed by atoms with Gasteiger partial charge in [0.1, 0.15) is 0 Å². The van der Waals surface area contributed by atoms with Crippen molar-refractivity contribution in [2.24, 2.45) is 11.8 Å². The first-order valence-corrected chi connectivity index (χ1v) is 8.53. The molecule has 0 aliphatic carbocycles. The molecule has 4 unspecified atom stereocenters. The number of hydrazine groups is 1. The summed E-state index contributed by atoms with van der Waals surface area (Å²) in [6.45, 7) is 6.89. The Labute approximate surface area is 109 Å². The van der Waals surface area contributed by atoms with E-state index in [1.54, 1.807) is 0 Å². The van der Waals surface area contributed by atoms with Gasteiger partial charge in [-0.3, -0.25) is 11.3 Å². The molecule has 0 radical (unpaired) electrons. The van der Waals surface area contributed by atoms with E-state index in [4.69, 9.17) is 5.84 Å². The molecular formula is C12H26N2S2. The first kappa shape index (κ1) is 14.7. The van der Waals surface area contributed by atoms with Gasteiger partial charge in [0.2, 0.25) is 0 Å². The third-order valence-electron chi connectivity index (χ3n) is 3.40. The number of nitrogens with two attached hydrogens (primary N) is 1. The maximum absolute atomic E-state index is 5.78. The lowest BCUT2D eigenvalue weighted by atomic mass is 9.92. The molecule has 0 bridgehead atoms. The zero-order chi connectivity index (χ0) is 12.0. The van der Waals surface area contributed by atoms with Crippen LogP contribution in [0.1, 0.15) is 40.0 Å². The number of rotatable bonds is 6. The highest BCUT2D eigenvalue weighted by Gasteiger charge is 2.33. The predicted molar refractivity (Wildman–Crippen MR) is 78.0 cm³/mol. The molecule has 16 heavy (non-hydrogen) atoms. The van der Waals surface area contributed by atoms with Crippen molar-refractivity contribution in [3.8, 4) is 0 Å². The largest absolute Gasteiger partial charge is 0.271 e. The molecule has 1 aliphatic rings. The molecule has 2 nitrogen and oxygen atoms in total. The second-order valence-electron chi connectivity index (χ2n) is 4.61. The van der Waals surface area contributed by atoms with Gasteiger partial charge in [-0.15, -0.1) is 0 Å². The Morgan fingerprint density at radius 1 is 1.31 bits per heavy atom. The molecule has 1 aliphatic heterocycles. The van der Waals surface area contributed by atoms with Crippen LogP contribution in [0.4, 0.5) is 0 Å². The summed E-state index contributed by atoms with van der Waals surface area (Å²) in [6, 6.07) is 0.475. The number of hydrogen-bond donors (Lipinski definition) is 2. The fraction of sp³-hybridized carbons (Fsp3) is 1.00. The van der Waals surface area contributed by atoms with Crippen molar-refractivity contribution in [2.75, 3.05) is 11.5 Å².